The molecule has 2 aromatic rings. The second kappa shape index (κ2) is 7.51. The molecule has 1 aliphatic heterocycles. The van der Waals surface area contributed by atoms with Crippen molar-refractivity contribution in [1.29, 1.82) is 0 Å². The van der Waals surface area contributed by atoms with Crippen LogP contribution in [-0.4, -0.2) is 37.3 Å². The lowest BCUT2D eigenvalue weighted by Crippen LogP contribution is -2.40. The highest BCUT2D eigenvalue weighted by molar-refractivity contribution is 7.99. The van der Waals surface area contributed by atoms with E-state index in [0.29, 0.717) is 19.5 Å². The molecule has 1 saturated heterocycles. The fourth-order valence-corrected chi connectivity index (χ4v) is 5.72. The molecule has 122 valence electrons. The molecule has 1 heterocycles. The third-order valence-corrected chi connectivity index (χ3v) is 7.17. The van der Waals surface area contributed by atoms with Gasteiger partial charge in [0.1, 0.15) is 0 Å². The quantitative estimate of drug-likeness (QED) is 0.832. The molecular weight excluding hydrogens is 326 g/mol. The molecule has 1 aliphatic rings. The Kier molecular flexibility index (Phi) is 5.41. The highest BCUT2D eigenvalue weighted by Gasteiger charge is 2.29. The summed E-state index contributed by atoms with van der Waals surface area (Å²) in [5, 5.41) is 0.233. The minimum absolute atomic E-state index is 0.184. The Balaban J connectivity index is 1.65. The molecule has 0 aliphatic carbocycles. The maximum absolute atomic E-state index is 12.7. The van der Waals surface area contributed by atoms with E-state index in [-0.39, 0.29) is 11.0 Å². The van der Waals surface area contributed by atoms with Gasteiger partial charge in [-0.05, 0) is 17.5 Å². The van der Waals surface area contributed by atoms with E-state index < -0.39 is 10.0 Å². The first-order valence-electron chi connectivity index (χ1n) is 7.83. The predicted octanol–water partition coefficient (Wildman–Crippen LogP) is 3.35. The van der Waals surface area contributed by atoms with Crippen molar-refractivity contribution in [2.24, 2.45) is 0 Å². The van der Waals surface area contributed by atoms with E-state index in [0.717, 1.165) is 11.3 Å². The lowest BCUT2D eigenvalue weighted by Gasteiger charge is -2.31. The van der Waals surface area contributed by atoms with Crippen LogP contribution in [-0.2, 0) is 16.4 Å². The Labute approximate surface area is 142 Å². The van der Waals surface area contributed by atoms with Crippen LogP contribution in [0.25, 0.3) is 0 Å². The van der Waals surface area contributed by atoms with Crippen LogP contribution in [0.4, 0.5) is 0 Å². The van der Waals surface area contributed by atoms with E-state index in [9.17, 15) is 8.42 Å². The van der Waals surface area contributed by atoms with E-state index in [1.807, 2.05) is 60.3 Å². The molecule has 0 saturated carbocycles. The van der Waals surface area contributed by atoms with Crippen LogP contribution < -0.4 is 0 Å². The molecular formula is C18H21NO2S2. The second-order valence-electron chi connectivity index (χ2n) is 5.68. The van der Waals surface area contributed by atoms with E-state index in [4.69, 9.17) is 0 Å². The van der Waals surface area contributed by atoms with Gasteiger partial charge in [-0.15, -0.1) is 0 Å². The molecule has 5 heteroatoms. The van der Waals surface area contributed by atoms with E-state index >= 15 is 0 Å². The number of aryl methyl sites for hydroxylation is 1. The molecule has 0 amide bonds. The van der Waals surface area contributed by atoms with Gasteiger partial charge in [-0.25, -0.2) is 8.42 Å². The van der Waals surface area contributed by atoms with Gasteiger partial charge >= 0.3 is 0 Å². The Morgan fingerprint density at radius 2 is 1.65 bits per heavy atom. The first kappa shape index (κ1) is 16.6. The molecule has 0 unspecified atom stereocenters. The summed E-state index contributed by atoms with van der Waals surface area (Å²) in [5.74, 6) is 1.04. The SMILES string of the molecule is O=S(=O)(CCc1ccccc1)N1CCS[C@H](c2ccccc2)C1. The number of sulfonamides is 1. The maximum Gasteiger partial charge on any atom is 0.214 e. The highest BCUT2D eigenvalue weighted by Crippen LogP contribution is 2.34. The summed E-state index contributed by atoms with van der Waals surface area (Å²) < 4.78 is 27.0. The summed E-state index contributed by atoms with van der Waals surface area (Å²) in [4.78, 5) is 0. The maximum atomic E-state index is 12.7. The van der Waals surface area contributed by atoms with Crippen molar-refractivity contribution >= 4 is 21.8 Å². The second-order valence-corrected chi connectivity index (χ2v) is 9.08. The number of hydrogen-bond acceptors (Lipinski definition) is 3. The Hall–Kier alpha value is -1.30. The molecule has 2 aromatic carbocycles. The molecule has 0 aromatic heterocycles. The number of rotatable bonds is 5. The van der Waals surface area contributed by atoms with Crippen LogP contribution in [0.1, 0.15) is 16.4 Å². The van der Waals surface area contributed by atoms with Crippen LogP contribution in [0, 0.1) is 0 Å². The van der Waals surface area contributed by atoms with Crippen molar-refractivity contribution < 1.29 is 8.42 Å². The first-order chi connectivity index (χ1) is 11.1. The average molecular weight is 348 g/mol. The number of benzene rings is 2. The smallest absolute Gasteiger partial charge is 0.212 e. The third kappa shape index (κ3) is 4.37. The first-order valence-corrected chi connectivity index (χ1v) is 10.5. The van der Waals surface area contributed by atoms with Gasteiger partial charge in [0.15, 0.2) is 0 Å². The van der Waals surface area contributed by atoms with Gasteiger partial charge in [-0.3, -0.25) is 0 Å². The zero-order valence-electron chi connectivity index (χ0n) is 13.0. The topological polar surface area (TPSA) is 37.4 Å². The van der Waals surface area contributed by atoms with Crippen molar-refractivity contribution in [3.63, 3.8) is 0 Å². The molecule has 0 spiro atoms. The van der Waals surface area contributed by atoms with E-state index in [1.165, 1.54) is 5.56 Å². The Bertz CT molecular complexity index is 717. The van der Waals surface area contributed by atoms with Gasteiger partial charge in [-0.1, -0.05) is 60.7 Å². The normalized spacial score (nSPS) is 19.6. The lowest BCUT2D eigenvalue weighted by molar-refractivity contribution is 0.421. The Morgan fingerprint density at radius 1 is 1.00 bits per heavy atom. The molecule has 3 nitrogen and oxygen atoms in total. The number of nitrogens with zero attached hydrogens (tertiary/aromatic N) is 1. The Morgan fingerprint density at radius 3 is 2.35 bits per heavy atom. The average Bonchev–Trinajstić information content (AvgIpc) is 2.62. The largest absolute Gasteiger partial charge is 0.214 e. The fourth-order valence-electron chi connectivity index (χ4n) is 2.77. The summed E-state index contributed by atoms with van der Waals surface area (Å²) in [6.45, 7) is 1.19. The zero-order chi connectivity index (χ0) is 16.1. The minimum Gasteiger partial charge on any atom is -0.212 e. The van der Waals surface area contributed by atoms with Gasteiger partial charge in [-0.2, -0.15) is 16.1 Å². The zero-order valence-corrected chi connectivity index (χ0v) is 14.6. The summed E-state index contributed by atoms with van der Waals surface area (Å²) in [5.41, 5.74) is 2.28. The minimum atomic E-state index is -3.20. The summed E-state index contributed by atoms with van der Waals surface area (Å²) in [6, 6.07) is 20.0. The lowest BCUT2D eigenvalue weighted by atomic mass is 10.1. The van der Waals surface area contributed by atoms with Gasteiger partial charge in [0.05, 0.1) is 5.75 Å². The predicted molar refractivity (Wildman–Crippen MR) is 97.1 cm³/mol. The van der Waals surface area contributed by atoms with Crippen LogP contribution in [0.3, 0.4) is 0 Å². The van der Waals surface area contributed by atoms with E-state index in [2.05, 4.69) is 12.1 Å². The molecule has 1 atom stereocenters. The van der Waals surface area contributed by atoms with Crippen LogP contribution in [0.15, 0.2) is 60.7 Å². The summed E-state index contributed by atoms with van der Waals surface area (Å²) in [7, 11) is -3.20. The molecule has 1 fully saturated rings. The number of hydrogen-bond donors (Lipinski definition) is 0. The van der Waals surface area contributed by atoms with Gasteiger partial charge in [0, 0.05) is 24.1 Å². The van der Waals surface area contributed by atoms with Gasteiger partial charge < -0.3 is 0 Å². The summed E-state index contributed by atoms with van der Waals surface area (Å²) >= 11 is 1.84. The van der Waals surface area contributed by atoms with Crippen LogP contribution in [0.5, 0.6) is 0 Å². The van der Waals surface area contributed by atoms with Crippen molar-refractivity contribution in [1.82, 2.24) is 4.31 Å². The molecule has 3 rings (SSSR count). The number of thioether (sulfide) groups is 1. The molecule has 0 N–H and O–H groups in total. The molecule has 0 bridgehead atoms. The monoisotopic (exact) mass is 347 g/mol. The summed E-state index contributed by atoms with van der Waals surface area (Å²) in [6.07, 6.45) is 0.572. The van der Waals surface area contributed by atoms with Crippen LogP contribution >= 0.6 is 11.8 Å². The molecule has 23 heavy (non-hydrogen) atoms. The van der Waals surface area contributed by atoms with Crippen LogP contribution in [0.2, 0.25) is 0 Å². The standard InChI is InChI=1S/C18H21NO2S2/c20-23(21,14-11-16-7-3-1-4-8-16)19-12-13-22-18(15-19)17-9-5-2-6-10-17/h1-10,18H,11-15H2/t18-/m0/s1. The van der Waals surface area contributed by atoms with Crippen molar-refractivity contribution in [3.05, 3.63) is 71.8 Å². The fraction of sp³-hybridized carbons (Fsp3) is 0.333. The van der Waals surface area contributed by atoms with Gasteiger partial charge in [0.25, 0.3) is 0 Å². The molecule has 0 radical (unpaired) electrons. The highest BCUT2D eigenvalue weighted by atomic mass is 32.2. The van der Waals surface area contributed by atoms with Crippen molar-refractivity contribution in [2.75, 3.05) is 24.6 Å². The third-order valence-electron chi connectivity index (χ3n) is 4.09. The van der Waals surface area contributed by atoms with E-state index in [1.54, 1.807) is 4.31 Å². The van der Waals surface area contributed by atoms with Crippen molar-refractivity contribution in [2.45, 2.75) is 11.7 Å². The van der Waals surface area contributed by atoms with Crippen molar-refractivity contribution in [3.8, 4) is 0 Å². The van der Waals surface area contributed by atoms with Gasteiger partial charge in [0.2, 0.25) is 10.0 Å².